The molecule has 5 heteroatoms. The first-order chi connectivity index (χ1) is 9.65. The quantitative estimate of drug-likeness (QED) is 0.869. The zero-order chi connectivity index (χ0) is 14.1. The molecule has 2 saturated heterocycles. The van der Waals surface area contributed by atoms with E-state index in [9.17, 15) is 4.79 Å². The molecule has 0 spiro atoms. The van der Waals surface area contributed by atoms with Crippen molar-refractivity contribution >= 4 is 17.5 Å². The molecule has 3 unspecified atom stereocenters. The van der Waals surface area contributed by atoms with Crippen LogP contribution in [0.4, 0.5) is 0 Å². The molecule has 0 aromatic carbocycles. The van der Waals surface area contributed by atoms with Gasteiger partial charge in [-0.1, -0.05) is 24.9 Å². The number of pyridine rings is 1. The molecule has 0 saturated carbocycles. The molecule has 2 aliphatic heterocycles. The Hall–Kier alpha value is -1.13. The first-order valence-corrected chi connectivity index (χ1v) is 7.66. The summed E-state index contributed by atoms with van der Waals surface area (Å²) in [4.78, 5) is 16.6. The number of fused-ring (bicyclic) bond motifs is 2. The number of nitrogens with zero attached hydrogens (tertiary/aromatic N) is 1. The summed E-state index contributed by atoms with van der Waals surface area (Å²) in [5, 5.41) is 3.45. The summed E-state index contributed by atoms with van der Waals surface area (Å²) < 4.78 is 5.75. The van der Waals surface area contributed by atoms with E-state index in [-0.39, 0.29) is 18.1 Å². The molecule has 1 aromatic heterocycles. The van der Waals surface area contributed by atoms with Gasteiger partial charge in [-0.05, 0) is 37.8 Å². The highest BCUT2D eigenvalue weighted by atomic mass is 35.5. The van der Waals surface area contributed by atoms with Crippen LogP contribution in [0.5, 0.6) is 0 Å². The number of carbonyl (C=O) groups excluding carboxylic acids is 1. The number of ether oxygens (including phenoxy) is 1. The average molecular weight is 295 g/mol. The van der Waals surface area contributed by atoms with Crippen molar-refractivity contribution in [1.82, 2.24) is 10.3 Å². The maximum atomic E-state index is 12.3. The fourth-order valence-corrected chi connectivity index (χ4v) is 3.33. The van der Waals surface area contributed by atoms with Gasteiger partial charge in [-0.15, -0.1) is 0 Å². The van der Waals surface area contributed by atoms with Crippen LogP contribution in [-0.4, -0.2) is 29.1 Å². The summed E-state index contributed by atoms with van der Waals surface area (Å²) in [7, 11) is 0. The van der Waals surface area contributed by atoms with Gasteiger partial charge in [-0.2, -0.15) is 0 Å². The number of aromatic nitrogens is 1. The Morgan fingerprint density at radius 3 is 3.00 bits per heavy atom. The minimum absolute atomic E-state index is 0.0761. The minimum atomic E-state index is -0.0761. The molecule has 0 radical (unpaired) electrons. The third kappa shape index (κ3) is 2.81. The van der Waals surface area contributed by atoms with E-state index < -0.39 is 0 Å². The van der Waals surface area contributed by atoms with Crippen LogP contribution in [0.3, 0.4) is 0 Å². The number of aryl methyl sites for hydroxylation is 1. The fraction of sp³-hybridized carbons (Fsp3) is 0.600. The molecule has 2 bridgehead atoms. The first kappa shape index (κ1) is 13.8. The molecule has 2 aliphatic rings. The zero-order valence-corrected chi connectivity index (χ0v) is 12.3. The minimum Gasteiger partial charge on any atom is -0.373 e. The van der Waals surface area contributed by atoms with E-state index in [0.717, 1.165) is 37.8 Å². The van der Waals surface area contributed by atoms with Crippen LogP contribution in [-0.2, 0) is 11.2 Å². The van der Waals surface area contributed by atoms with Gasteiger partial charge >= 0.3 is 0 Å². The van der Waals surface area contributed by atoms with Gasteiger partial charge in [0, 0.05) is 11.3 Å². The Morgan fingerprint density at radius 2 is 2.35 bits per heavy atom. The molecule has 1 N–H and O–H groups in total. The molecule has 1 aromatic rings. The van der Waals surface area contributed by atoms with E-state index in [1.54, 1.807) is 6.07 Å². The van der Waals surface area contributed by atoms with E-state index in [1.165, 1.54) is 0 Å². The molecular formula is C15H19ClN2O2. The molecule has 2 fully saturated rings. The number of nitrogens with one attached hydrogen (secondary N) is 1. The highest BCUT2D eigenvalue weighted by Gasteiger charge is 2.41. The zero-order valence-electron chi connectivity index (χ0n) is 11.6. The van der Waals surface area contributed by atoms with Gasteiger partial charge in [0.2, 0.25) is 0 Å². The summed E-state index contributed by atoms with van der Waals surface area (Å²) in [5.41, 5.74) is 1.46. The Kier molecular flexibility index (Phi) is 3.94. The lowest BCUT2D eigenvalue weighted by molar-refractivity contribution is 0.0841. The normalized spacial score (nSPS) is 27.8. The van der Waals surface area contributed by atoms with Crippen LogP contribution in [0.25, 0.3) is 0 Å². The number of hydrogen-bond acceptors (Lipinski definition) is 3. The van der Waals surface area contributed by atoms with Crippen LogP contribution in [0, 0.1) is 0 Å². The lowest BCUT2D eigenvalue weighted by atomic mass is 9.95. The number of hydrogen-bond donors (Lipinski definition) is 1. The summed E-state index contributed by atoms with van der Waals surface area (Å²) >= 11 is 5.99. The second-order valence-electron chi connectivity index (χ2n) is 5.61. The average Bonchev–Trinajstić information content (AvgIpc) is 3.00. The van der Waals surface area contributed by atoms with Crippen LogP contribution in [0.1, 0.15) is 48.7 Å². The standard InChI is InChI=1S/C15H19ClN2O2/c1-2-3-10-6-9(7-14(16)17-10)15(19)18-12-8-11-4-5-13(12)20-11/h6-7,11-13H,2-5,8H2,1H3,(H,18,19). The molecule has 108 valence electrons. The van der Waals surface area contributed by atoms with E-state index in [1.807, 2.05) is 6.07 Å². The monoisotopic (exact) mass is 294 g/mol. The van der Waals surface area contributed by atoms with Crippen LogP contribution >= 0.6 is 11.6 Å². The Labute approximate surface area is 123 Å². The van der Waals surface area contributed by atoms with E-state index >= 15 is 0 Å². The van der Waals surface area contributed by atoms with Crippen molar-refractivity contribution in [3.8, 4) is 0 Å². The van der Waals surface area contributed by atoms with Gasteiger partial charge in [-0.3, -0.25) is 4.79 Å². The first-order valence-electron chi connectivity index (χ1n) is 7.28. The number of carbonyl (C=O) groups is 1. The predicted molar refractivity (Wildman–Crippen MR) is 77.0 cm³/mol. The van der Waals surface area contributed by atoms with Crippen molar-refractivity contribution in [3.63, 3.8) is 0 Å². The Morgan fingerprint density at radius 1 is 1.50 bits per heavy atom. The van der Waals surface area contributed by atoms with E-state index in [4.69, 9.17) is 16.3 Å². The van der Waals surface area contributed by atoms with Crippen molar-refractivity contribution in [3.05, 3.63) is 28.5 Å². The van der Waals surface area contributed by atoms with E-state index in [0.29, 0.717) is 16.8 Å². The smallest absolute Gasteiger partial charge is 0.251 e. The fourth-order valence-electron chi connectivity index (χ4n) is 3.11. The highest BCUT2D eigenvalue weighted by Crippen LogP contribution is 2.34. The molecule has 3 atom stereocenters. The van der Waals surface area contributed by atoms with Crippen LogP contribution in [0.15, 0.2) is 12.1 Å². The molecule has 3 heterocycles. The summed E-state index contributed by atoms with van der Waals surface area (Å²) in [6.45, 7) is 2.08. The number of amides is 1. The summed E-state index contributed by atoms with van der Waals surface area (Å²) in [6.07, 6.45) is 5.44. The van der Waals surface area contributed by atoms with Gasteiger partial charge in [0.25, 0.3) is 5.91 Å². The maximum Gasteiger partial charge on any atom is 0.251 e. The molecule has 3 rings (SSSR count). The number of halogens is 1. The Bertz CT molecular complexity index is 521. The van der Waals surface area contributed by atoms with Crippen molar-refractivity contribution in [1.29, 1.82) is 0 Å². The van der Waals surface area contributed by atoms with Crippen LogP contribution < -0.4 is 5.32 Å². The summed E-state index contributed by atoms with van der Waals surface area (Å²) in [5.74, 6) is -0.0761. The molecule has 1 amide bonds. The third-order valence-electron chi connectivity index (χ3n) is 4.04. The molecule has 0 aliphatic carbocycles. The van der Waals surface area contributed by atoms with Crippen LogP contribution in [0.2, 0.25) is 5.15 Å². The predicted octanol–water partition coefficient (Wildman–Crippen LogP) is 2.74. The maximum absolute atomic E-state index is 12.3. The van der Waals surface area contributed by atoms with Gasteiger partial charge < -0.3 is 10.1 Å². The van der Waals surface area contributed by atoms with Gasteiger partial charge in [-0.25, -0.2) is 4.98 Å². The van der Waals surface area contributed by atoms with E-state index in [2.05, 4.69) is 17.2 Å². The molecule has 4 nitrogen and oxygen atoms in total. The number of rotatable bonds is 4. The van der Waals surface area contributed by atoms with Crippen molar-refractivity contribution in [2.45, 2.75) is 57.3 Å². The van der Waals surface area contributed by atoms with Crippen molar-refractivity contribution in [2.24, 2.45) is 0 Å². The SMILES string of the molecule is CCCc1cc(C(=O)NC2CC3CCC2O3)cc(Cl)n1. The second-order valence-corrected chi connectivity index (χ2v) is 6.00. The Balaban J connectivity index is 1.70. The van der Waals surface area contributed by atoms with Gasteiger partial charge in [0.1, 0.15) is 5.15 Å². The lowest BCUT2D eigenvalue weighted by Crippen LogP contribution is -2.41. The topological polar surface area (TPSA) is 51.2 Å². The lowest BCUT2D eigenvalue weighted by Gasteiger charge is -2.20. The van der Waals surface area contributed by atoms with Gasteiger partial charge in [0.05, 0.1) is 18.2 Å². The summed E-state index contributed by atoms with van der Waals surface area (Å²) in [6, 6.07) is 3.60. The van der Waals surface area contributed by atoms with Gasteiger partial charge in [0.15, 0.2) is 0 Å². The molecule has 20 heavy (non-hydrogen) atoms. The van der Waals surface area contributed by atoms with Crippen molar-refractivity contribution in [2.75, 3.05) is 0 Å². The largest absolute Gasteiger partial charge is 0.373 e. The second kappa shape index (κ2) is 5.70. The third-order valence-corrected chi connectivity index (χ3v) is 4.23. The highest BCUT2D eigenvalue weighted by molar-refractivity contribution is 6.29. The molecular weight excluding hydrogens is 276 g/mol. The van der Waals surface area contributed by atoms with Crippen molar-refractivity contribution < 1.29 is 9.53 Å².